The molecule has 0 aliphatic heterocycles. The smallest absolute Gasteiger partial charge is 1.00 e. The van der Waals surface area contributed by atoms with E-state index in [0.717, 1.165) is 19.3 Å². The molecule has 6 aromatic rings. The van der Waals surface area contributed by atoms with Crippen LogP contribution in [-0.4, -0.2) is 8.07 Å². The van der Waals surface area contributed by atoms with E-state index in [4.69, 9.17) is 0 Å². The van der Waals surface area contributed by atoms with Gasteiger partial charge in [0.05, 0.1) is 0 Å². The summed E-state index contributed by atoms with van der Waals surface area (Å²) in [6, 6.07) is 55.7. The first kappa shape index (κ1) is 47.0. The van der Waals surface area contributed by atoms with Crippen molar-refractivity contribution >= 4 is 23.6 Å². The molecule has 1 atom stereocenters. The second-order valence-electron chi connectivity index (χ2n) is 15.3. The first-order valence-corrected chi connectivity index (χ1v) is 20.8. The monoisotopic (exact) mass is 844 g/mol. The van der Waals surface area contributed by atoms with Gasteiger partial charge in [0, 0.05) is 0 Å². The second kappa shape index (κ2) is 19.8. The van der Waals surface area contributed by atoms with E-state index in [0.29, 0.717) is 0 Å². The van der Waals surface area contributed by atoms with Crippen LogP contribution in [0.5, 0.6) is 0 Å². The van der Waals surface area contributed by atoms with Crippen LogP contribution in [0.2, 0.25) is 5.04 Å². The number of hydrogen-bond donors (Lipinski definition) is 0. The molecule has 6 aromatic carbocycles. The minimum atomic E-state index is -3.08. The topological polar surface area (TPSA) is 0 Å². The molecule has 0 saturated heterocycles. The molecule has 0 spiro atoms. The van der Waals surface area contributed by atoms with Gasteiger partial charge in [-0.25, -0.2) is 5.57 Å². The van der Waals surface area contributed by atoms with Crippen molar-refractivity contribution in [1.29, 1.82) is 0 Å². The molecule has 0 radical (unpaired) electrons. The van der Waals surface area contributed by atoms with Gasteiger partial charge in [0.1, 0.15) is 8.07 Å². The SMILES string of the molecule is CC1=[C-]C(C)([Si](c2ccccc2Cc2ccc(C)cc2)(c2ccccc2Cc2ccc(C)cc2)c2ccccc2Cc2ccc(C)cc2)C(C)=C1C.[Cl-].[Cl-].[Cl-].[Ti+4]. The number of hydrogen-bond acceptors (Lipinski definition) is 0. The maximum Gasteiger partial charge on any atom is 4.00 e. The van der Waals surface area contributed by atoms with Gasteiger partial charge in [-0.1, -0.05) is 188 Å². The molecule has 0 saturated carbocycles. The molecule has 56 heavy (non-hydrogen) atoms. The molecule has 0 fully saturated rings. The first-order valence-electron chi connectivity index (χ1n) is 18.8. The number of aryl methyl sites for hydroxylation is 3. The number of allylic oxidation sites excluding steroid dienone is 4. The molecule has 0 N–H and O–H groups in total. The standard InChI is InChI=1S/C51H51Si.3ClH.Ti/c1-36-20-26-42(27-21-36)32-45-14-8-11-17-48(45)52(51(7)35-39(4)40(5)41(51)6,49-18-12-9-15-46(49)33-43-28-22-37(2)23-29-43)50-19-13-10-16-47(50)34-44-30-24-38(3)25-31-44;;;;/h8-31H,32-34H2,1-7H3;3*1H;/q-1;;;;+4/p-3. The minimum Gasteiger partial charge on any atom is -1.00 e. The summed E-state index contributed by atoms with van der Waals surface area (Å²) in [5, 5.41) is 4.11. The maximum absolute atomic E-state index is 4.27. The van der Waals surface area contributed by atoms with Crippen molar-refractivity contribution in [2.75, 3.05) is 0 Å². The summed E-state index contributed by atoms with van der Waals surface area (Å²) >= 11 is 0. The number of halogens is 3. The molecular weight excluding hydrogens is 795 g/mol. The Morgan fingerprint density at radius 1 is 0.429 bits per heavy atom. The van der Waals surface area contributed by atoms with Crippen LogP contribution in [0.3, 0.4) is 0 Å². The van der Waals surface area contributed by atoms with Gasteiger partial charge in [0.25, 0.3) is 0 Å². The van der Waals surface area contributed by atoms with Gasteiger partial charge in [-0.2, -0.15) is 11.1 Å². The van der Waals surface area contributed by atoms with Gasteiger partial charge in [-0.05, 0) is 89.0 Å². The van der Waals surface area contributed by atoms with Crippen LogP contribution in [0.25, 0.3) is 0 Å². The average molecular weight is 846 g/mol. The zero-order valence-electron chi connectivity index (χ0n) is 33.6. The van der Waals surface area contributed by atoms with E-state index in [9.17, 15) is 0 Å². The summed E-state index contributed by atoms with van der Waals surface area (Å²) in [5.41, 5.74) is 16.2. The molecule has 0 heterocycles. The molecule has 0 aromatic heterocycles. The fraction of sp³-hybridized carbons (Fsp3) is 0.216. The number of rotatable bonds is 10. The number of benzene rings is 6. The zero-order chi connectivity index (χ0) is 36.5. The minimum absolute atomic E-state index is 0. The van der Waals surface area contributed by atoms with Gasteiger partial charge in [0.15, 0.2) is 0 Å². The average Bonchev–Trinajstić information content (AvgIpc) is 3.35. The van der Waals surface area contributed by atoms with E-state index >= 15 is 0 Å². The van der Waals surface area contributed by atoms with E-state index in [1.165, 1.54) is 82.4 Å². The molecule has 1 aliphatic carbocycles. The largest absolute Gasteiger partial charge is 4.00 e. The van der Waals surface area contributed by atoms with Crippen molar-refractivity contribution in [1.82, 2.24) is 0 Å². The van der Waals surface area contributed by atoms with Crippen molar-refractivity contribution in [2.24, 2.45) is 0 Å². The molecule has 0 bridgehead atoms. The Balaban J connectivity index is 0.00000210. The first-order chi connectivity index (χ1) is 25.1. The van der Waals surface area contributed by atoms with Gasteiger partial charge in [-0.15, -0.1) is 6.92 Å². The normalized spacial score (nSPS) is 14.8. The van der Waals surface area contributed by atoms with E-state index in [1.807, 2.05) is 0 Å². The summed E-state index contributed by atoms with van der Waals surface area (Å²) < 4.78 is 0. The van der Waals surface area contributed by atoms with E-state index in [-0.39, 0.29) is 64.0 Å². The van der Waals surface area contributed by atoms with E-state index in [2.05, 4.69) is 200 Å². The van der Waals surface area contributed by atoms with Crippen LogP contribution in [0.4, 0.5) is 0 Å². The summed E-state index contributed by atoms with van der Waals surface area (Å²) in [6.07, 6.45) is 6.91. The quantitative estimate of drug-likeness (QED) is 0.112. The third-order valence-corrected chi connectivity index (χ3v) is 17.8. The van der Waals surface area contributed by atoms with Gasteiger partial charge in [0.2, 0.25) is 0 Å². The summed E-state index contributed by atoms with van der Waals surface area (Å²) in [7, 11) is -3.08. The molecule has 284 valence electrons. The maximum atomic E-state index is 4.27. The van der Waals surface area contributed by atoms with E-state index < -0.39 is 8.07 Å². The van der Waals surface area contributed by atoms with Crippen LogP contribution >= 0.6 is 0 Å². The zero-order valence-corrected chi connectivity index (χ0v) is 38.4. The van der Waals surface area contributed by atoms with Crippen LogP contribution < -0.4 is 52.8 Å². The second-order valence-corrected chi connectivity index (χ2v) is 19.4. The fourth-order valence-corrected chi connectivity index (χ4v) is 15.3. The Labute approximate surface area is 371 Å². The van der Waals surface area contributed by atoms with Crippen molar-refractivity contribution < 1.29 is 58.9 Å². The predicted molar refractivity (Wildman–Crippen MR) is 225 cm³/mol. The van der Waals surface area contributed by atoms with Gasteiger partial charge in [-0.3, -0.25) is 6.08 Å². The Hall–Kier alpha value is -3.40. The molecule has 5 heteroatoms. The Morgan fingerprint density at radius 3 is 0.982 bits per heavy atom. The Kier molecular flexibility index (Phi) is 16.6. The Morgan fingerprint density at radius 2 is 0.714 bits per heavy atom. The molecule has 7 rings (SSSR count). The molecule has 1 aliphatic rings. The molecule has 0 nitrogen and oxygen atoms in total. The van der Waals surface area contributed by atoms with Crippen molar-refractivity contribution in [3.63, 3.8) is 0 Å². The van der Waals surface area contributed by atoms with Gasteiger partial charge >= 0.3 is 21.7 Å². The summed E-state index contributed by atoms with van der Waals surface area (Å²) in [5.74, 6) is 0. The van der Waals surface area contributed by atoms with Crippen molar-refractivity contribution in [3.05, 3.63) is 218 Å². The Bertz CT molecular complexity index is 2070. The van der Waals surface area contributed by atoms with Crippen LogP contribution in [-0.2, 0) is 41.0 Å². The van der Waals surface area contributed by atoms with E-state index in [1.54, 1.807) is 0 Å². The predicted octanol–water partition coefficient (Wildman–Crippen LogP) is 1.72. The van der Waals surface area contributed by atoms with Crippen LogP contribution in [0.1, 0.15) is 77.8 Å². The summed E-state index contributed by atoms with van der Waals surface area (Å²) in [6.45, 7) is 16.0. The molecule has 0 amide bonds. The van der Waals surface area contributed by atoms with Crippen molar-refractivity contribution in [3.8, 4) is 0 Å². The summed E-state index contributed by atoms with van der Waals surface area (Å²) in [4.78, 5) is 0. The molecular formula is C51H51Cl3SiTi. The van der Waals surface area contributed by atoms with Gasteiger partial charge < -0.3 is 37.2 Å². The fourth-order valence-electron chi connectivity index (χ4n) is 8.74. The van der Waals surface area contributed by atoms with Crippen LogP contribution in [0, 0.1) is 26.8 Å². The third kappa shape index (κ3) is 9.00. The van der Waals surface area contributed by atoms with Crippen molar-refractivity contribution in [2.45, 2.75) is 72.8 Å². The third-order valence-electron chi connectivity index (χ3n) is 11.9. The van der Waals surface area contributed by atoms with Crippen LogP contribution in [0.15, 0.2) is 162 Å². The molecule has 1 unspecified atom stereocenters.